The molecule has 126 valence electrons. The number of halogens is 1. The zero-order valence-corrected chi connectivity index (χ0v) is 13.9. The van der Waals surface area contributed by atoms with E-state index in [4.69, 9.17) is 25.8 Å². The largest absolute Gasteiger partial charge is 0.486 e. The molecule has 7 heteroatoms. The number of benzene rings is 1. The van der Waals surface area contributed by atoms with Crippen LogP contribution in [-0.4, -0.2) is 37.8 Å². The molecule has 0 fully saturated rings. The Morgan fingerprint density at radius 2 is 2.17 bits per heavy atom. The number of methoxy groups -OCH3 is 1. The first-order valence-electron chi connectivity index (χ1n) is 7.53. The number of nitrogens with zero attached hydrogens (tertiary/aromatic N) is 1. The van der Waals surface area contributed by atoms with Crippen LogP contribution in [0.15, 0.2) is 30.5 Å². The van der Waals surface area contributed by atoms with Crippen molar-refractivity contribution in [1.82, 2.24) is 10.3 Å². The van der Waals surface area contributed by atoms with E-state index in [1.165, 1.54) is 13.3 Å². The number of nitrogens with one attached hydrogen (secondary N) is 1. The number of rotatable bonds is 5. The van der Waals surface area contributed by atoms with E-state index in [2.05, 4.69) is 10.3 Å². The fourth-order valence-electron chi connectivity index (χ4n) is 2.37. The van der Waals surface area contributed by atoms with Gasteiger partial charge in [0.15, 0.2) is 11.5 Å². The molecule has 24 heavy (non-hydrogen) atoms. The van der Waals surface area contributed by atoms with Crippen molar-refractivity contribution in [2.75, 3.05) is 26.9 Å². The number of hydrogen-bond acceptors (Lipinski definition) is 5. The first kappa shape index (κ1) is 16.4. The third-order valence-electron chi connectivity index (χ3n) is 3.56. The molecule has 6 nitrogen and oxygen atoms in total. The minimum Gasteiger partial charge on any atom is -0.486 e. The molecule has 0 saturated carbocycles. The Bertz CT molecular complexity index is 734. The van der Waals surface area contributed by atoms with Gasteiger partial charge in [-0.2, -0.15) is 0 Å². The van der Waals surface area contributed by atoms with Crippen LogP contribution in [0.1, 0.15) is 15.9 Å². The standard InChI is InChI=1S/C17H17ClN2O4/c1-22-15-3-2-12(10-20-15)17(21)19-5-4-11-8-13(18)16-14(9-11)23-6-7-24-16/h2-3,8-10H,4-7H2,1H3,(H,19,21). The third-order valence-corrected chi connectivity index (χ3v) is 3.84. The molecule has 0 unspecified atom stereocenters. The van der Waals surface area contributed by atoms with Crippen LogP contribution in [0.2, 0.25) is 5.02 Å². The summed E-state index contributed by atoms with van der Waals surface area (Å²) in [5.74, 6) is 1.51. The van der Waals surface area contributed by atoms with Crippen molar-refractivity contribution in [3.63, 3.8) is 0 Å². The van der Waals surface area contributed by atoms with Crippen LogP contribution in [0.4, 0.5) is 0 Å². The second-order valence-electron chi connectivity index (χ2n) is 5.20. The van der Waals surface area contributed by atoms with Gasteiger partial charge in [-0.25, -0.2) is 4.98 Å². The molecule has 1 aromatic heterocycles. The predicted octanol–water partition coefficient (Wildman–Crippen LogP) is 2.49. The molecule has 2 aromatic rings. The molecule has 1 N–H and O–H groups in total. The Hall–Kier alpha value is -2.47. The lowest BCUT2D eigenvalue weighted by Gasteiger charge is -2.20. The van der Waals surface area contributed by atoms with Crippen molar-refractivity contribution in [3.05, 3.63) is 46.6 Å². The Morgan fingerprint density at radius 1 is 1.33 bits per heavy atom. The lowest BCUT2D eigenvalue weighted by atomic mass is 10.1. The highest BCUT2D eigenvalue weighted by Gasteiger charge is 2.16. The minimum atomic E-state index is -0.186. The normalized spacial score (nSPS) is 12.6. The van der Waals surface area contributed by atoms with E-state index >= 15 is 0 Å². The number of ether oxygens (including phenoxy) is 3. The van der Waals surface area contributed by atoms with Crippen LogP contribution in [0, 0.1) is 0 Å². The van der Waals surface area contributed by atoms with Crippen LogP contribution in [0.25, 0.3) is 0 Å². The molecular formula is C17H17ClN2O4. The number of fused-ring (bicyclic) bond motifs is 1. The van der Waals surface area contributed by atoms with Crippen LogP contribution in [0.3, 0.4) is 0 Å². The summed E-state index contributed by atoms with van der Waals surface area (Å²) >= 11 is 6.20. The van der Waals surface area contributed by atoms with E-state index in [1.807, 2.05) is 12.1 Å². The van der Waals surface area contributed by atoms with Gasteiger partial charge in [0.25, 0.3) is 5.91 Å². The van der Waals surface area contributed by atoms with Crippen LogP contribution in [0.5, 0.6) is 17.4 Å². The van der Waals surface area contributed by atoms with Crippen molar-refractivity contribution in [1.29, 1.82) is 0 Å². The van der Waals surface area contributed by atoms with Gasteiger partial charge < -0.3 is 19.5 Å². The van der Waals surface area contributed by atoms with Gasteiger partial charge in [-0.1, -0.05) is 11.6 Å². The fraction of sp³-hybridized carbons (Fsp3) is 0.294. The molecular weight excluding hydrogens is 332 g/mol. The van der Waals surface area contributed by atoms with E-state index < -0.39 is 0 Å². The number of amides is 1. The highest BCUT2D eigenvalue weighted by Crippen LogP contribution is 2.38. The molecule has 1 amide bonds. The fourth-order valence-corrected chi connectivity index (χ4v) is 2.65. The summed E-state index contributed by atoms with van der Waals surface area (Å²) in [6.07, 6.45) is 2.11. The zero-order valence-electron chi connectivity index (χ0n) is 13.2. The van der Waals surface area contributed by atoms with E-state index in [1.54, 1.807) is 12.1 Å². The van der Waals surface area contributed by atoms with Crippen molar-refractivity contribution < 1.29 is 19.0 Å². The molecule has 0 spiro atoms. The summed E-state index contributed by atoms with van der Waals surface area (Å²) in [5, 5.41) is 3.37. The lowest BCUT2D eigenvalue weighted by Crippen LogP contribution is -2.25. The molecule has 0 bridgehead atoms. The van der Waals surface area contributed by atoms with Crippen LogP contribution >= 0.6 is 11.6 Å². The Morgan fingerprint density at radius 3 is 2.92 bits per heavy atom. The maximum Gasteiger partial charge on any atom is 0.252 e. The summed E-state index contributed by atoms with van der Waals surface area (Å²) in [5.41, 5.74) is 1.45. The van der Waals surface area contributed by atoms with Gasteiger partial charge in [0.05, 0.1) is 17.7 Å². The highest BCUT2D eigenvalue weighted by molar-refractivity contribution is 6.32. The van der Waals surface area contributed by atoms with Crippen LogP contribution in [-0.2, 0) is 6.42 Å². The average molecular weight is 349 g/mol. The van der Waals surface area contributed by atoms with Crippen LogP contribution < -0.4 is 19.5 Å². The minimum absolute atomic E-state index is 0.186. The van der Waals surface area contributed by atoms with E-state index in [0.717, 1.165) is 5.56 Å². The summed E-state index contributed by atoms with van der Waals surface area (Å²) in [6.45, 7) is 1.48. The Balaban J connectivity index is 1.57. The maximum absolute atomic E-state index is 12.1. The summed E-state index contributed by atoms with van der Waals surface area (Å²) < 4.78 is 16.0. The number of pyridine rings is 1. The second-order valence-corrected chi connectivity index (χ2v) is 5.60. The van der Waals surface area contributed by atoms with Crippen molar-refractivity contribution in [3.8, 4) is 17.4 Å². The van der Waals surface area contributed by atoms with Crippen molar-refractivity contribution >= 4 is 17.5 Å². The van der Waals surface area contributed by atoms with Gasteiger partial charge in [0, 0.05) is 18.8 Å². The molecule has 0 atom stereocenters. The second kappa shape index (κ2) is 7.40. The summed E-state index contributed by atoms with van der Waals surface area (Å²) in [6, 6.07) is 7.04. The van der Waals surface area contributed by atoms with Crippen molar-refractivity contribution in [2.45, 2.75) is 6.42 Å². The molecule has 1 aromatic carbocycles. The molecule has 0 aliphatic carbocycles. The number of carbonyl (C=O) groups is 1. The molecule has 0 saturated heterocycles. The number of carbonyl (C=O) groups excluding carboxylic acids is 1. The molecule has 2 heterocycles. The maximum atomic E-state index is 12.1. The molecule has 3 rings (SSSR count). The monoisotopic (exact) mass is 348 g/mol. The van der Waals surface area contributed by atoms with Gasteiger partial charge in [-0.3, -0.25) is 4.79 Å². The van der Waals surface area contributed by atoms with Gasteiger partial charge in [0.2, 0.25) is 5.88 Å². The lowest BCUT2D eigenvalue weighted by molar-refractivity contribution is 0.0953. The Labute approximate surface area is 144 Å². The molecule has 1 aliphatic heterocycles. The molecule has 0 radical (unpaired) electrons. The third kappa shape index (κ3) is 3.71. The number of aromatic nitrogens is 1. The first-order chi connectivity index (χ1) is 11.7. The zero-order chi connectivity index (χ0) is 16.9. The van der Waals surface area contributed by atoms with Crippen molar-refractivity contribution in [2.24, 2.45) is 0 Å². The summed E-state index contributed by atoms with van der Waals surface area (Å²) in [7, 11) is 1.53. The van der Waals surface area contributed by atoms with Gasteiger partial charge >= 0.3 is 0 Å². The van der Waals surface area contributed by atoms with E-state index in [9.17, 15) is 4.79 Å². The molecule has 1 aliphatic rings. The smallest absolute Gasteiger partial charge is 0.252 e. The number of hydrogen-bond donors (Lipinski definition) is 1. The van der Waals surface area contributed by atoms with E-state index in [0.29, 0.717) is 54.1 Å². The van der Waals surface area contributed by atoms with Gasteiger partial charge in [0.1, 0.15) is 13.2 Å². The predicted molar refractivity (Wildman–Crippen MR) is 89.3 cm³/mol. The van der Waals surface area contributed by atoms with E-state index in [-0.39, 0.29) is 5.91 Å². The van der Waals surface area contributed by atoms with Gasteiger partial charge in [-0.05, 0) is 30.2 Å². The summed E-state index contributed by atoms with van der Waals surface area (Å²) in [4.78, 5) is 16.1. The highest BCUT2D eigenvalue weighted by atomic mass is 35.5. The Kier molecular flexibility index (Phi) is 5.05. The first-order valence-corrected chi connectivity index (χ1v) is 7.91. The van der Waals surface area contributed by atoms with Gasteiger partial charge in [-0.15, -0.1) is 0 Å². The topological polar surface area (TPSA) is 69.7 Å². The SMILES string of the molecule is COc1ccc(C(=O)NCCc2cc(Cl)c3c(c2)OCCO3)cn1. The quantitative estimate of drug-likeness (QED) is 0.899. The average Bonchev–Trinajstić information content (AvgIpc) is 2.62.